The summed E-state index contributed by atoms with van der Waals surface area (Å²) in [6, 6.07) is 18.4. The molecule has 0 radical (unpaired) electrons. The van der Waals surface area contributed by atoms with Crippen LogP contribution in [0.15, 0.2) is 60.7 Å². The van der Waals surface area contributed by atoms with Gasteiger partial charge in [-0.3, -0.25) is 4.79 Å². The van der Waals surface area contributed by atoms with E-state index in [1.165, 1.54) is 6.92 Å². The van der Waals surface area contributed by atoms with Gasteiger partial charge in [-0.2, -0.15) is 0 Å². The van der Waals surface area contributed by atoms with E-state index in [9.17, 15) is 9.90 Å². The Kier molecular flexibility index (Phi) is 5.86. The van der Waals surface area contributed by atoms with Crippen molar-refractivity contribution in [1.82, 2.24) is 4.57 Å². The summed E-state index contributed by atoms with van der Waals surface area (Å²) in [4.78, 5) is 11.1. The molecule has 1 heterocycles. The number of ether oxygens (including phenoxy) is 1. The second kappa shape index (κ2) is 8.56. The monoisotopic (exact) mass is 442 g/mol. The average molecular weight is 443 g/mol. The summed E-state index contributed by atoms with van der Waals surface area (Å²) in [6.45, 7) is 1.94. The number of amides is 1. The smallest absolute Gasteiger partial charge is 0.221 e. The third-order valence-electron chi connectivity index (χ3n) is 4.80. The molecule has 4 rings (SSSR count). The number of aliphatic hydroxyl groups is 1. The summed E-state index contributed by atoms with van der Waals surface area (Å²) in [5, 5.41) is 16.6. The number of rotatable bonds is 6. The van der Waals surface area contributed by atoms with Crippen LogP contribution < -0.4 is 10.1 Å². The molecular weight excluding hydrogens is 423 g/mol. The van der Waals surface area contributed by atoms with Crippen LogP contribution in [-0.4, -0.2) is 28.3 Å². The van der Waals surface area contributed by atoms with Crippen LogP contribution in [0.1, 0.15) is 6.92 Å². The van der Waals surface area contributed by atoms with Gasteiger partial charge in [0.1, 0.15) is 18.5 Å². The second-order valence-electron chi connectivity index (χ2n) is 7.10. The van der Waals surface area contributed by atoms with Crippen LogP contribution >= 0.6 is 23.2 Å². The lowest BCUT2D eigenvalue weighted by molar-refractivity contribution is -0.114. The van der Waals surface area contributed by atoms with Crippen molar-refractivity contribution in [1.29, 1.82) is 0 Å². The molecule has 154 valence electrons. The van der Waals surface area contributed by atoms with Gasteiger partial charge in [0.15, 0.2) is 0 Å². The predicted molar refractivity (Wildman–Crippen MR) is 122 cm³/mol. The van der Waals surface area contributed by atoms with Crippen molar-refractivity contribution < 1.29 is 14.6 Å². The number of carbonyl (C=O) groups is 1. The molecule has 5 nitrogen and oxygen atoms in total. The van der Waals surface area contributed by atoms with E-state index in [0.717, 1.165) is 21.8 Å². The molecule has 0 aliphatic rings. The highest BCUT2D eigenvalue weighted by Crippen LogP contribution is 2.33. The molecule has 0 aliphatic carbocycles. The molecule has 0 bridgehead atoms. The van der Waals surface area contributed by atoms with Crippen molar-refractivity contribution in [3.8, 4) is 5.75 Å². The summed E-state index contributed by atoms with van der Waals surface area (Å²) < 4.78 is 7.77. The van der Waals surface area contributed by atoms with E-state index in [0.29, 0.717) is 28.0 Å². The first kappa shape index (κ1) is 20.5. The van der Waals surface area contributed by atoms with Crippen LogP contribution in [0.4, 0.5) is 5.69 Å². The van der Waals surface area contributed by atoms with Crippen LogP contribution in [0.25, 0.3) is 21.8 Å². The molecular formula is C23H20Cl2N2O3. The average Bonchev–Trinajstić information content (AvgIpc) is 2.99. The predicted octanol–water partition coefficient (Wildman–Crippen LogP) is 5.50. The molecule has 1 aromatic heterocycles. The maximum Gasteiger partial charge on any atom is 0.221 e. The molecule has 30 heavy (non-hydrogen) atoms. The first-order valence-corrected chi connectivity index (χ1v) is 10.2. The SMILES string of the molecule is CC(=O)Nc1ccc(OC[C@@H](O)Cn2c3ccc(Cl)cc3c3cc(Cl)ccc32)cc1. The third kappa shape index (κ3) is 4.38. The van der Waals surface area contributed by atoms with E-state index in [4.69, 9.17) is 27.9 Å². The van der Waals surface area contributed by atoms with Gasteiger partial charge in [0, 0.05) is 44.5 Å². The lowest BCUT2D eigenvalue weighted by Crippen LogP contribution is -2.23. The fourth-order valence-corrected chi connectivity index (χ4v) is 3.88. The van der Waals surface area contributed by atoms with Gasteiger partial charge in [-0.1, -0.05) is 23.2 Å². The number of carbonyl (C=O) groups excluding carboxylic acids is 1. The number of fused-ring (bicyclic) bond motifs is 3. The summed E-state index contributed by atoms with van der Waals surface area (Å²) in [5.41, 5.74) is 2.63. The molecule has 0 saturated heterocycles. The Morgan fingerprint density at radius 1 is 1.00 bits per heavy atom. The number of aromatic nitrogens is 1. The number of nitrogens with zero attached hydrogens (tertiary/aromatic N) is 1. The van der Waals surface area contributed by atoms with Gasteiger partial charge in [0.25, 0.3) is 0 Å². The largest absolute Gasteiger partial charge is 0.491 e. The van der Waals surface area contributed by atoms with Gasteiger partial charge in [0.05, 0.1) is 6.54 Å². The van der Waals surface area contributed by atoms with Gasteiger partial charge in [-0.05, 0) is 60.7 Å². The second-order valence-corrected chi connectivity index (χ2v) is 7.98. The Labute approximate surface area is 183 Å². The maximum absolute atomic E-state index is 11.1. The van der Waals surface area contributed by atoms with Gasteiger partial charge in [-0.15, -0.1) is 0 Å². The fraction of sp³-hybridized carbons (Fsp3) is 0.174. The first-order chi connectivity index (χ1) is 14.4. The Hall–Kier alpha value is -2.73. The maximum atomic E-state index is 11.1. The number of nitrogens with one attached hydrogen (secondary N) is 1. The van der Waals surface area contributed by atoms with E-state index in [-0.39, 0.29) is 12.5 Å². The number of benzene rings is 3. The molecule has 0 fully saturated rings. The third-order valence-corrected chi connectivity index (χ3v) is 5.27. The molecule has 0 saturated carbocycles. The zero-order valence-electron chi connectivity index (χ0n) is 16.2. The van der Waals surface area contributed by atoms with E-state index in [1.54, 1.807) is 24.3 Å². The van der Waals surface area contributed by atoms with E-state index in [2.05, 4.69) is 5.32 Å². The molecule has 1 amide bonds. The number of hydrogen-bond acceptors (Lipinski definition) is 3. The number of hydrogen-bond donors (Lipinski definition) is 2. The lowest BCUT2D eigenvalue weighted by atomic mass is 10.1. The summed E-state index contributed by atoms with van der Waals surface area (Å²) in [5.74, 6) is 0.483. The Balaban J connectivity index is 1.52. The molecule has 7 heteroatoms. The minimum absolute atomic E-state index is 0.127. The Bertz CT molecular complexity index is 1160. The van der Waals surface area contributed by atoms with E-state index >= 15 is 0 Å². The van der Waals surface area contributed by atoms with Crippen LogP contribution in [0.2, 0.25) is 10.0 Å². The Morgan fingerprint density at radius 2 is 1.57 bits per heavy atom. The van der Waals surface area contributed by atoms with Gasteiger partial charge >= 0.3 is 0 Å². The number of aliphatic hydroxyl groups excluding tert-OH is 1. The highest BCUT2D eigenvalue weighted by molar-refractivity contribution is 6.33. The fourth-order valence-electron chi connectivity index (χ4n) is 3.54. The zero-order valence-corrected chi connectivity index (χ0v) is 17.7. The standard InChI is InChI=1S/C23H20Cl2N2O3/c1-14(28)26-17-4-6-19(7-5-17)30-13-18(29)12-27-22-8-2-15(24)10-20(22)21-11-16(25)3-9-23(21)27/h2-11,18,29H,12-13H2,1H3,(H,26,28)/t18-/m0/s1. The number of halogens is 2. The zero-order chi connectivity index (χ0) is 21.3. The number of anilines is 1. The molecule has 1 atom stereocenters. The van der Waals surface area contributed by atoms with Crippen molar-refractivity contribution in [3.05, 3.63) is 70.7 Å². The van der Waals surface area contributed by atoms with Crippen molar-refractivity contribution in [3.63, 3.8) is 0 Å². The molecule has 0 unspecified atom stereocenters. The minimum atomic E-state index is -0.731. The van der Waals surface area contributed by atoms with E-state index in [1.807, 2.05) is 41.0 Å². The van der Waals surface area contributed by atoms with Gasteiger partial charge in [0.2, 0.25) is 5.91 Å². The molecule has 0 spiro atoms. The normalized spacial score (nSPS) is 12.3. The highest BCUT2D eigenvalue weighted by atomic mass is 35.5. The van der Waals surface area contributed by atoms with E-state index < -0.39 is 6.10 Å². The van der Waals surface area contributed by atoms with Crippen LogP contribution in [0.3, 0.4) is 0 Å². The summed E-state index contributed by atoms with van der Waals surface area (Å²) >= 11 is 12.4. The summed E-state index contributed by atoms with van der Waals surface area (Å²) in [6.07, 6.45) is -0.731. The van der Waals surface area contributed by atoms with Crippen molar-refractivity contribution in [2.75, 3.05) is 11.9 Å². The molecule has 4 aromatic rings. The van der Waals surface area contributed by atoms with Crippen LogP contribution in [0, 0.1) is 0 Å². The van der Waals surface area contributed by atoms with Gasteiger partial charge in [-0.25, -0.2) is 0 Å². The highest BCUT2D eigenvalue weighted by Gasteiger charge is 2.15. The van der Waals surface area contributed by atoms with Crippen molar-refractivity contribution in [2.45, 2.75) is 19.6 Å². The van der Waals surface area contributed by atoms with Crippen molar-refractivity contribution >= 4 is 56.6 Å². The summed E-state index contributed by atoms with van der Waals surface area (Å²) in [7, 11) is 0. The van der Waals surface area contributed by atoms with Crippen LogP contribution in [-0.2, 0) is 11.3 Å². The van der Waals surface area contributed by atoms with Crippen LogP contribution in [0.5, 0.6) is 5.75 Å². The minimum Gasteiger partial charge on any atom is -0.491 e. The van der Waals surface area contributed by atoms with Crippen molar-refractivity contribution in [2.24, 2.45) is 0 Å². The molecule has 2 N–H and O–H groups in total. The van der Waals surface area contributed by atoms with Gasteiger partial charge < -0.3 is 19.7 Å². The lowest BCUT2D eigenvalue weighted by Gasteiger charge is -2.15. The molecule has 3 aromatic carbocycles. The first-order valence-electron chi connectivity index (χ1n) is 9.46. The Morgan fingerprint density at radius 3 is 2.10 bits per heavy atom. The molecule has 0 aliphatic heterocycles. The quantitative estimate of drug-likeness (QED) is 0.414. The topological polar surface area (TPSA) is 63.5 Å².